The summed E-state index contributed by atoms with van der Waals surface area (Å²) < 4.78 is 30.6. The number of carboxylic acid groups (broad SMARTS) is 1. The molecule has 1 aliphatic heterocycles. The van der Waals surface area contributed by atoms with Gasteiger partial charge in [0.05, 0.1) is 0 Å². The van der Waals surface area contributed by atoms with Crippen LogP contribution in [0.25, 0.3) is 11.4 Å². The first-order valence-corrected chi connectivity index (χ1v) is 12.9. The maximum atomic E-state index is 14.5. The molecule has 0 radical (unpaired) electrons. The first-order valence-electron chi connectivity index (χ1n) is 12.9. The first kappa shape index (κ1) is 25.4. The number of rotatable bonds is 4. The number of piperidine rings is 1. The number of aryl methyl sites for hydroxylation is 1. The average Bonchev–Trinajstić information content (AvgIpc) is 3.58. The molecule has 2 aromatic carbocycles. The van der Waals surface area contributed by atoms with Gasteiger partial charge in [0, 0.05) is 29.6 Å². The molecule has 0 bridgehead atoms. The number of halogens is 2. The lowest BCUT2D eigenvalue weighted by atomic mass is 9.63. The normalized spacial score (nSPS) is 24.4. The quantitative estimate of drug-likeness (QED) is 0.415. The van der Waals surface area contributed by atoms with Crippen molar-refractivity contribution in [2.24, 2.45) is 5.41 Å². The zero-order chi connectivity index (χ0) is 26.7. The van der Waals surface area contributed by atoms with Crippen LogP contribution in [0.15, 0.2) is 42.5 Å². The molecule has 3 aromatic rings. The lowest BCUT2D eigenvalue weighted by molar-refractivity contribution is -0.0271. The van der Waals surface area contributed by atoms with Gasteiger partial charge in [-0.15, -0.1) is 10.2 Å². The monoisotopic (exact) mass is 508 g/mol. The molecule has 2 heterocycles. The zero-order valence-corrected chi connectivity index (χ0v) is 22.0. The summed E-state index contributed by atoms with van der Waals surface area (Å²) in [5.74, 6) is -0.976. The van der Waals surface area contributed by atoms with Crippen LogP contribution in [0.5, 0.6) is 0 Å². The Morgan fingerprint density at radius 1 is 1.05 bits per heavy atom. The molecule has 0 spiro atoms. The number of nitrogens with zero attached hydrogens (tertiary/aromatic N) is 4. The van der Waals surface area contributed by atoms with Crippen LogP contribution in [0, 0.1) is 24.0 Å². The largest absolute Gasteiger partial charge is 0.465 e. The highest BCUT2D eigenvalue weighted by Gasteiger charge is 2.53. The van der Waals surface area contributed by atoms with Crippen molar-refractivity contribution in [1.82, 2.24) is 19.7 Å². The molecule has 1 aromatic heterocycles. The lowest BCUT2D eigenvalue weighted by Crippen LogP contribution is -2.62. The maximum absolute atomic E-state index is 14.5. The molecule has 6 nitrogen and oxygen atoms in total. The van der Waals surface area contributed by atoms with E-state index in [1.54, 1.807) is 6.07 Å². The van der Waals surface area contributed by atoms with E-state index in [0.29, 0.717) is 17.8 Å². The van der Waals surface area contributed by atoms with E-state index in [-0.39, 0.29) is 24.4 Å². The van der Waals surface area contributed by atoms with Gasteiger partial charge >= 0.3 is 6.09 Å². The average molecular weight is 509 g/mol. The van der Waals surface area contributed by atoms with Crippen LogP contribution < -0.4 is 0 Å². The van der Waals surface area contributed by atoms with E-state index in [1.807, 2.05) is 58.9 Å². The molecule has 0 unspecified atom stereocenters. The minimum Gasteiger partial charge on any atom is -0.465 e. The Morgan fingerprint density at radius 2 is 1.76 bits per heavy atom. The third-order valence-electron chi connectivity index (χ3n) is 8.65. The highest BCUT2D eigenvalue weighted by Crippen LogP contribution is 2.53. The van der Waals surface area contributed by atoms with Crippen molar-refractivity contribution in [3.8, 4) is 11.4 Å². The summed E-state index contributed by atoms with van der Waals surface area (Å²) in [4.78, 5) is 14.1. The van der Waals surface area contributed by atoms with E-state index in [4.69, 9.17) is 0 Å². The molecule has 3 atom stereocenters. The Hall–Kier alpha value is -3.29. The summed E-state index contributed by atoms with van der Waals surface area (Å²) in [6, 6.07) is 12.3. The molecule has 1 saturated heterocycles. The van der Waals surface area contributed by atoms with Gasteiger partial charge in [0.1, 0.15) is 5.82 Å². The van der Waals surface area contributed by atoms with Crippen molar-refractivity contribution in [1.29, 1.82) is 0 Å². The predicted octanol–water partition coefficient (Wildman–Crippen LogP) is 6.92. The number of hydrogen-bond donors (Lipinski definition) is 1. The summed E-state index contributed by atoms with van der Waals surface area (Å²) in [5, 5.41) is 19.6. The minimum atomic E-state index is -0.997. The lowest BCUT2D eigenvalue weighted by Gasteiger charge is -2.55. The van der Waals surface area contributed by atoms with Crippen LogP contribution in [-0.4, -0.2) is 42.9 Å². The van der Waals surface area contributed by atoms with E-state index in [0.717, 1.165) is 35.9 Å². The first-order chi connectivity index (χ1) is 17.4. The summed E-state index contributed by atoms with van der Waals surface area (Å²) >= 11 is 0. The third-order valence-corrected chi connectivity index (χ3v) is 8.65. The molecule has 1 amide bonds. The minimum absolute atomic E-state index is 0.186. The standard InChI is InChI=1S/C29H34F2N4O2/c1-17-8-6-7-9-20(17)25-32-33-26(35(25)19-11-12-19)22-16-34(27(36)37)29(5,28(2,3)4)15-21(22)18-10-13-23(30)24(31)14-18/h6-10,13-14,19,21-22H,11-12,15-16H2,1-5H3,(H,36,37)/t21-,22+,29+/m1/s1. The van der Waals surface area contributed by atoms with Gasteiger partial charge in [-0.3, -0.25) is 0 Å². The fourth-order valence-corrected chi connectivity index (χ4v) is 5.82. The summed E-state index contributed by atoms with van der Waals surface area (Å²) in [6.07, 6.45) is 1.43. The number of hydrogen-bond acceptors (Lipinski definition) is 3. The van der Waals surface area contributed by atoms with Crippen molar-refractivity contribution in [3.05, 3.63) is 71.1 Å². The fraction of sp³-hybridized carbons (Fsp3) is 0.483. The molecular formula is C29H34F2N4O2. The second kappa shape index (κ2) is 8.92. The van der Waals surface area contributed by atoms with E-state index in [2.05, 4.69) is 14.8 Å². The van der Waals surface area contributed by atoms with Crippen LogP contribution in [0.1, 0.15) is 81.8 Å². The van der Waals surface area contributed by atoms with E-state index in [1.165, 1.54) is 11.0 Å². The molecule has 2 fully saturated rings. The molecule has 1 saturated carbocycles. The molecule has 2 aliphatic rings. The van der Waals surface area contributed by atoms with Crippen LogP contribution in [0.3, 0.4) is 0 Å². The second-order valence-corrected chi connectivity index (χ2v) is 11.8. The summed E-state index contributed by atoms with van der Waals surface area (Å²) in [5.41, 5.74) is 1.57. The van der Waals surface area contributed by atoms with Gasteiger partial charge in [0.25, 0.3) is 0 Å². The van der Waals surface area contributed by atoms with Gasteiger partial charge in [-0.1, -0.05) is 51.1 Å². The molecular weight excluding hydrogens is 474 g/mol. The SMILES string of the molecule is Cc1ccccc1-c1nnc([C@H]2CN(C(=O)O)[C@](C)(C(C)(C)C)C[C@@H]2c2ccc(F)c(F)c2)n1C1CC1. The Balaban J connectivity index is 1.69. The van der Waals surface area contributed by atoms with Crippen molar-refractivity contribution < 1.29 is 18.7 Å². The van der Waals surface area contributed by atoms with Gasteiger partial charge in [-0.05, 0) is 67.7 Å². The van der Waals surface area contributed by atoms with Gasteiger partial charge in [0.15, 0.2) is 17.5 Å². The molecule has 1 aliphatic carbocycles. The van der Waals surface area contributed by atoms with Crippen LogP contribution in [0.4, 0.5) is 13.6 Å². The van der Waals surface area contributed by atoms with Gasteiger partial charge in [-0.25, -0.2) is 13.6 Å². The molecule has 37 heavy (non-hydrogen) atoms. The number of likely N-dealkylation sites (tertiary alicyclic amines) is 1. The van der Waals surface area contributed by atoms with Crippen LogP contribution >= 0.6 is 0 Å². The van der Waals surface area contributed by atoms with Crippen molar-refractivity contribution in [2.75, 3.05) is 6.54 Å². The Morgan fingerprint density at radius 3 is 2.35 bits per heavy atom. The number of carbonyl (C=O) groups is 1. The third kappa shape index (κ3) is 4.30. The van der Waals surface area contributed by atoms with Crippen molar-refractivity contribution >= 4 is 6.09 Å². The highest BCUT2D eigenvalue weighted by atomic mass is 19.2. The maximum Gasteiger partial charge on any atom is 0.407 e. The second-order valence-electron chi connectivity index (χ2n) is 11.8. The fourth-order valence-electron chi connectivity index (χ4n) is 5.82. The van der Waals surface area contributed by atoms with Gasteiger partial charge < -0.3 is 14.6 Å². The molecule has 1 N–H and O–H groups in total. The number of benzene rings is 2. The Labute approximate surface area is 216 Å². The number of aromatic nitrogens is 3. The summed E-state index contributed by atoms with van der Waals surface area (Å²) in [7, 11) is 0. The highest BCUT2D eigenvalue weighted by molar-refractivity contribution is 5.67. The van der Waals surface area contributed by atoms with Gasteiger partial charge in [-0.2, -0.15) is 0 Å². The van der Waals surface area contributed by atoms with Crippen LogP contribution in [0.2, 0.25) is 0 Å². The van der Waals surface area contributed by atoms with E-state index in [9.17, 15) is 18.7 Å². The van der Waals surface area contributed by atoms with E-state index >= 15 is 0 Å². The summed E-state index contributed by atoms with van der Waals surface area (Å²) in [6.45, 7) is 10.2. The van der Waals surface area contributed by atoms with Crippen LogP contribution in [-0.2, 0) is 0 Å². The van der Waals surface area contributed by atoms with E-state index < -0.39 is 28.7 Å². The van der Waals surface area contributed by atoms with Crippen molar-refractivity contribution in [3.63, 3.8) is 0 Å². The predicted molar refractivity (Wildman–Crippen MR) is 138 cm³/mol. The molecule has 8 heteroatoms. The smallest absolute Gasteiger partial charge is 0.407 e. The van der Waals surface area contributed by atoms with Crippen molar-refractivity contribution in [2.45, 2.75) is 77.3 Å². The Kier molecular flexibility index (Phi) is 6.12. The Bertz CT molecular complexity index is 1340. The topological polar surface area (TPSA) is 71.2 Å². The zero-order valence-electron chi connectivity index (χ0n) is 22.0. The number of amides is 1. The van der Waals surface area contributed by atoms with Gasteiger partial charge in [0.2, 0.25) is 0 Å². The molecule has 196 valence electrons. The molecule has 5 rings (SSSR count).